The van der Waals surface area contributed by atoms with E-state index in [1.807, 2.05) is 13.8 Å². The number of urea groups is 1. The van der Waals surface area contributed by atoms with Gasteiger partial charge in [0, 0.05) is 19.5 Å². The number of likely N-dealkylation sites (tertiary alicyclic amines) is 1. The number of terminal acetylenes is 1. The molecule has 1 aliphatic heterocycles. The molecule has 2 saturated carbocycles. The van der Waals surface area contributed by atoms with Gasteiger partial charge in [-0.2, -0.15) is 0 Å². The minimum absolute atomic E-state index is 0.0103. The van der Waals surface area contributed by atoms with E-state index in [4.69, 9.17) is 6.42 Å². The number of carbonyl (C=O) groups excluding carboxylic acids is 5. The van der Waals surface area contributed by atoms with Gasteiger partial charge in [-0.1, -0.05) is 78.2 Å². The molecule has 51 heavy (non-hydrogen) atoms. The van der Waals surface area contributed by atoms with Crippen molar-refractivity contribution in [1.29, 1.82) is 0 Å². The Kier molecular flexibility index (Phi) is 12.1. The molecule has 278 valence electrons. The lowest BCUT2D eigenvalue weighted by atomic mass is 9.83. The Morgan fingerprint density at radius 3 is 2.29 bits per heavy atom. The Morgan fingerprint density at radius 2 is 1.71 bits per heavy atom. The van der Waals surface area contributed by atoms with E-state index in [1.54, 1.807) is 51.1 Å². The van der Waals surface area contributed by atoms with Crippen LogP contribution in [-0.4, -0.2) is 85.4 Å². The fourth-order valence-corrected chi connectivity index (χ4v) is 9.64. The third kappa shape index (κ3) is 9.01. The summed E-state index contributed by atoms with van der Waals surface area (Å²) in [6, 6.07) is 4.25. The SMILES string of the molecule is C#CCCC(NC(=O)C1C2C(CN1C(=O)[C@@H](NC(=O)NC1(CS(=O)(=O)c3ccccc3)CCCCC1)C(C)(C)C)C2(C)C)C(=O)C(=O)NCC=C. The summed E-state index contributed by atoms with van der Waals surface area (Å²) >= 11 is 0. The molecule has 1 aromatic carbocycles. The summed E-state index contributed by atoms with van der Waals surface area (Å²) in [5.41, 5.74) is -2.08. The molecular weight excluding hydrogens is 671 g/mol. The van der Waals surface area contributed by atoms with E-state index in [2.05, 4.69) is 33.8 Å². The van der Waals surface area contributed by atoms with Crippen LogP contribution in [0.25, 0.3) is 0 Å². The number of Topliss-reactive ketones (excluding diaryl/α,β-unsaturated/α-hetero) is 1. The normalized spacial score (nSPS) is 23.0. The Hall–Kier alpha value is -4.18. The molecule has 1 saturated heterocycles. The zero-order valence-corrected chi connectivity index (χ0v) is 31.2. The average Bonchev–Trinajstić information content (AvgIpc) is 3.38. The molecular formula is C38H53N5O7S. The summed E-state index contributed by atoms with van der Waals surface area (Å²) in [5, 5.41) is 11.0. The van der Waals surface area contributed by atoms with Gasteiger partial charge in [0.1, 0.15) is 12.1 Å². The van der Waals surface area contributed by atoms with E-state index >= 15 is 0 Å². The second-order valence-corrected chi connectivity index (χ2v) is 17.9. The largest absolute Gasteiger partial charge is 0.346 e. The summed E-state index contributed by atoms with van der Waals surface area (Å²) in [4.78, 5) is 69.5. The maximum Gasteiger partial charge on any atom is 0.315 e. The summed E-state index contributed by atoms with van der Waals surface area (Å²) in [6.45, 7) is 13.3. The Balaban J connectivity index is 1.56. The van der Waals surface area contributed by atoms with Gasteiger partial charge >= 0.3 is 6.03 Å². The number of hydrogen-bond acceptors (Lipinski definition) is 7. The first-order valence-electron chi connectivity index (χ1n) is 17.7. The zero-order valence-electron chi connectivity index (χ0n) is 30.4. The predicted octanol–water partition coefficient (Wildman–Crippen LogP) is 3.13. The van der Waals surface area contributed by atoms with Gasteiger partial charge in [-0.05, 0) is 54.1 Å². The molecule has 0 bridgehead atoms. The van der Waals surface area contributed by atoms with Crippen molar-refractivity contribution in [2.24, 2.45) is 22.7 Å². The molecule has 0 aromatic heterocycles. The standard InChI is InChI=1S/C38H53N5O7S/c1-8-10-19-27(30(44)33(46)39-22-9-2)40-32(45)29-28-26(37(28,6)7)23-43(29)34(47)31(36(3,4)5)41-35(48)42-38(20-15-12-16-21-38)24-51(49,50)25-17-13-11-14-18-25/h1,9,11,13-14,17-18,26-29,31H,2,10,12,15-16,19-24H2,3-7H3,(H,39,46)(H,40,45)(H2,41,42,48)/t26?,27?,28?,29?,31-/m1/s1. The number of hydrogen-bond donors (Lipinski definition) is 4. The van der Waals surface area contributed by atoms with Gasteiger partial charge in [-0.15, -0.1) is 18.9 Å². The van der Waals surface area contributed by atoms with Crippen LogP contribution in [-0.2, 0) is 29.0 Å². The summed E-state index contributed by atoms with van der Waals surface area (Å²) in [6.07, 6.45) is 10.4. The van der Waals surface area contributed by atoms with E-state index in [1.165, 1.54) is 11.0 Å². The molecule has 5 amide bonds. The molecule has 4 N–H and O–H groups in total. The Morgan fingerprint density at radius 1 is 1.06 bits per heavy atom. The van der Waals surface area contributed by atoms with Crippen LogP contribution < -0.4 is 21.3 Å². The van der Waals surface area contributed by atoms with E-state index < -0.39 is 68.5 Å². The second kappa shape index (κ2) is 15.6. The third-order valence-electron chi connectivity index (χ3n) is 10.7. The number of nitrogens with one attached hydrogen (secondary N) is 4. The van der Waals surface area contributed by atoms with Crippen LogP contribution >= 0.6 is 0 Å². The van der Waals surface area contributed by atoms with Gasteiger partial charge in [0.25, 0.3) is 5.91 Å². The van der Waals surface area contributed by atoms with Crippen molar-refractivity contribution in [2.75, 3.05) is 18.8 Å². The molecule has 13 heteroatoms. The van der Waals surface area contributed by atoms with E-state index in [9.17, 15) is 32.4 Å². The van der Waals surface area contributed by atoms with Crippen molar-refractivity contribution in [3.63, 3.8) is 0 Å². The monoisotopic (exact) mass is 723 g/mol. The molecule has 12 nitrogen and oxygen atoms in total. The molecule has 1 aromatic rings. The van der Waals surface area contributed by atoms with Crippen LogP contribution in [0.15, 0.2) is 47.9 Å². The van der Waals surface area contributed by atoms with Crippen molar-refractivity contribution >= 4 is 39.4 Å². The minimum atomic E-state index is -3.74. The highest BCUT2D eigenvalue weighted by Gasteiger charge is 2.70. The highest BCUT2D eigenvalue weighted by Crippen LogP contribution is 2.65. The van der Waals surface area contributed by atoms with Crippen molar-refractivity contribution in [3.05, 3.63) is 43.0 Å². The topological polar surface area (TPSA) is 171 Å². The number of benzene rings is 1. The van der Waals surface area contributed by atoms with Gasteiger partial charge in [0.2, 0.25) is 17.6 Å². The smallest absolute Gasteiger partial charge is 0.315 e. The number of amides is 5. The molecule has 1 heterocycles. The highest BCUT2D eigenvalue weighted by molar-refractivity contribution is 7.91. The first kappa shape index (κ1) is 39.6. The number of carbonyl (C=O) groups is 5. The molecule has 3 aliphatic rings. The van der Waals surface area contributed by atoms with Gasteiger partial charge in [-0.3, -0.25) is 19.2 Å². The van der Waals surface area contributed by atoms with Crippen LogP contribution in [0.4, 0.5) is 4.79 Å². The summed E-state index contributed by atoms with van der Waals surface area (Å²) < 4.78 is 26.9. The van der Waals surface area contributed by atoms with Crippen molar-refractivity contribution in [1.82, 2.24) is 26.2 Å². The highest BCUT2D eigenvalue weighted by atomic mass is 32.2. The second-order valence-electron chi connectivity index (χ2n) is 15.9. The van der Waals surface area contributed by atoms with Crippen molar-refractivity contribution in [3.8, 4) is 12.3 Å². The lowest BCUT2D eigenvalue weighted by molar-refractivity contribution is -0.145. The molecule has 4 rings (SSSR count). The maximum atomic E-state index is 14.5. The van der Waals surface area contributed by atoms with Gasteiger partial charge in [0.15, 0.2) is 9.84 Å². The van der Waals surface area contributed by atoms with Crippen LogP contribution in [0.3, 0.4) is 0 Å². The number of piperidine rings is 1. The lowest BCUT2D eigenvalue weighted by Gasteiger charge is -2.40. The van der Waals surface area contributed by atoms with E-state index in [0.717, 1.165) is 19.3 Å². The number of sulfone groups is 1. The molecule has 3 fully saturated rings. The number of fused-ring (bicyclic) bond motifs is 1. The summed E-state index contributed by atoms with van der Waals surface area (Å²) in [5.74, 6) is -0.792. The minimum Gasteiger partial charge on any atom is -0.346 e. The van der Waals surface area contributed by atoms with Crippen molar-refractivity contribution in [2.45, 2.75) is 108 Å². The molecule has 4 unspecified atom stereocenters. The zero-order chi connectivity index (χ0) is 37.8. The molecule has 0 spiro atoms. The van der Waals surface area contributed by atoms with Gasteiger partial charge < -0.3 is 26.2 Å². The molecule has 2 aliphatic carbocycles. The Bertz CT molecular complexity index is 1650. The molecule has 5 atom stereocenters. The number of nitrogens with zero attached hydrogens (tertiary/aromatic N) is 1. The lowest BCUT2D eigenvalue weighted by Crippen LogP contribution is -2.63. The number of ketones is 1. The van der Waals surface area contributed by atoms with Crippen LogP contribution in [0.5, 0.6) is 0 Å². The number of rotatable bonds is 14. The van der Waals surface area contributed by atoms with E-state index in [0.29, 0.717) is 12.8 Å². The van der Waals surface area contributed by atoms with Gasteiger partial charge in [0.05, 0.1) is 22.2 Å². The third-order valence-corrected chi connectivity index (χ3v) is 12.7. The van der Waals surface area contributed by atoms with Crippen LogP contribution in [0.1, 0.15) is 79.6 Å². The van der Waals surface area contributed by atoms with E-state index in [-0.39, 0.29) is 53.8 Å². The van der Waals surface area contributed by atoms with Crippen LogP contribution in [0.2, 0.25) is 0 Å². The first-order chi connectivity index (χ1) is 23.9. The van der Waals surface area contributed by atoms with Gasteiger partial charge in [-0.25, -0.2) is 13.2 Å². The van der Waals surface area contributed by atoms with Crippen LogP contribution in [0, 0.1) is 35.0 Å². The quantitative estimate of drug-likeness (QED) is 0.130. The summed E-state index contributed by atoms with van der Waals surface area (Å²) in [7, 11) is -3.74. The average molecular weight is 724 g/mol. The maximum absolute atomic E-state index is 14.5. The molecule has 0 radical (unpaired) electrons. The first-order valence-corrected chi connectivity index (χ1v) is 19.4. The van der Waals surface area contributed by atoms with Crippen molar-refractivity contribution < 1.29 is 32.4 Å². The fraction of sp³-hybridized carbons (Fsp3) is 0.605. The fourth-order valence-electron chi connectivity index (χ4n) is 7.81. The predicted molar refractivity (Wildman–Crippen MR) is 194 cm³/mol. The Labute approximate surface area is 302 Å².